The van der Waals surface area contributed by atoms with Gasteiger partial charge in [0.25, 0.3) is 0 Å². The van der Waals surface area contributed by atoms with Crippen LogP contribution in [0.3, 0.4) is 0 Å². The molecule has 4 aliphatic heterocycles. The Morgan fingerprint density at radius 2 is 1.92 bits per heavy atom. The number of ether oxygens (including phenoxy) is 2. The number of para-hydroxylation sites is 1. The number of hydrogen-bond acceptors (Lipinski definition) is 7. The zero-order chi connectivity index (χ0) is 17.6. The quantitative estimate of drug-likeness (QED) is 0.902. The normalized spacial score (nSPS) is 33.0. The van der Waals surface area contributed by atoms with Gasteiger partial charge in [-0.2, -0.15) is 0 Å². The number of fused-ring (bicyclic) bond motifs is 2. The molecule has 7 nitrogen and oxygen atoms in total. The summed E-state index contributed by atoms with van der Waals surface area (Å²) >= 11 is 0. The van der Waals surface area contributed by atoms with E-state index in [2.05, 4.69) is 14.9 Å². The molecular weight excluding hydrogens is 330 g/mol. The van der Waals surface area contributed by atoms with Crippen LogP contribution in [0.5, 0.6) is 11.6 Å². The summed E-state index contributed by atoms with van der Waals surface area (Å²) in [6, 6.07) is 11.4. The highest BCUT2D eigenvalue weighted by Gasteiger charge is 2.54. The molecule has 136 valence electrons. The van der Waals surface area contributed by atoms with E-state index in [1.807, 2.05) is 41.3 Å². The molecule has 0 radical (unpaired) electrons. The Morgan fingerprint density at radius 1 is 1.12 bits per heavy atom. The Bertz CT molecular complexity index is 781. The van der Waals surface area contributed by atoms with E-state index in [-0.39, 0.29) is 5.60 Å². The van der Waals surface area contributed by atoms with Crippen LogP contribution in [0.1, 0.15) is 12.8 Å². The van der Waals surface area contributed by atoms with Gasteiger partial charge < -0.3 is 19.3 Å². The van der Waals surface area contributed by atoms with Crippen LogP contribution in [0.4, 0.5) is 5.82 Å². The van der Waals surface area contributed by atoms with E-state index in [0.717, 1.165) is 24.7 Å². The van der Waals surface area contributed by atoms with Crippen molar-refractivity contribution in [2.75, 3.05) is 31.1 Å². The molecule has 26 heavy (non-hydrogen) atoms. The van der Waals surface area contributed by atoms with E-state index < -0.39 is 6.35 Å². The van der Waals surface area contributed by atoms with Gasteiger partial charge in [0.2, 0.25) is 5.88 Å². The first-order valence-corrected chi connectivity index (χ1v) is 9.19. The van der Waals surface area contributed by atoms with Gasteiger partial charge in [0.1, 0.15) is 23.5 Å². The maximum absolute atomic E-state index is 6.33. The molecule has 7 heteroatoms. The van der Waals surface area contributed by atoms with Crippen molar-refractivity contribution >= 4 is 5.82 Å². The van der Waals surface area contributed by atoms with Gasteiger partial charge in [-0.05, 0) is 44.0 Å². The molecule has 2 aromatic rings. The van der Waals surface area contributed by atoms with Crippen molar-refractivity contribution in [2.45, 2.75) is 24.8 Å². The van der Waals surface area contributed by atoms with E-state index in [9.17, 15) is 0 Å². The first-order chi connectivity index (χ1) is 12.7. The van der Waals surface area contributed by atoms with Crippen LogP contribution in [0, 0.1) is 5.92 Å². The summed E-state index contributed by atoms with van der Waals surface area (Å²) in [6.45, 7) is 4.07. The summed E-state index contributed by atoms with van der Waals surface area (Å²) in [5, 5.41) is 0. The minimum Gasteiger partial charge on any atom is -0.439 e. The molecule has 2 atom stereocenters. The van der Waals surface area contributed by atoms with Crippen molar-refractivity contribution < 1.29 is 9.47 Å². The lowest BCUT2D eigenvalue weighted by Crippen LogP contribution is -2.61. The molecule has 2 unspecified atom stereocenters. The third-order valence-corrected chi connectivity index (χ3v) is 5.81. The van der Waals surface area contributed by atoms with Gasteiger partial charge >= 0.3 is 0 Å². The van der Waals surface area contributed by atoms with Crippen LogP contribution < -0.4 is 15.4 Å². The lowest BCUT2D eigenvalue weighted by molar-refractivity contribution is -0.137. The lowest BCUT2D eigenvalue weighted by Gasteiger charge is -2.50. The number of nitrogens with zero attached hydrogens (tertiary/aromatic N) is 4. The lowest BCUT2D eigenvalue weighted by atomic mass is 9.75. The van der Waals surface area contributed by atoms with E-state index in [0.29, 0.717) is 11.8 Å². The largest absolute Gasteiger partial charge is 0.439 e. The Labute approximate surface area is 152 Å². The highest BCUT2D eigenvalue weighted by Crippen LogP contribution is 2.43. The van der Waals surface area contributed by atoms with Crippen molar-refractivity contribution in [2.24, 2.45) is 11.7 Å². The molecule has 6 rings (SSSR count). The van der Waals surface area contributed by atoms with E-state index in [1.54, 1.807) is 0 Å². The molecule has 2 bridgehead atoms. The number of rotatable bonds is 3. The molecule has 1 spiro atoms. The Hall–Kier alpha value is -2.22. The minimum absolute atomic E-state index is 0.179. The highest BCUT2D eigenvalue weighted by molar-refractivity contribution is 5.44. The van der Waals surface area contributed by atoms with Gasteiger partial charge in [0.05, 0.1) is 6.54 Å². The van der Waals surface area contributed by atoms with Crippen LogP contribution in [-0.4, -0.2) is 53.0 Å². The van der Waals surface area contributed by atoms with Crippen molar-refractivity contribution in [3.05, 3.63) is 42.7 Å². The summed E-state index contributed by atoms with van der Waals surface area (Å²) < 4.78 is 12.1. The summed E-state index contributed by atoms with van der Waals surface area (Å²) in [5.41, 5.74) is 6.16. The van der Waals surface area contributed by atoms with Gasteiger partial charge in [-0.1, -0.05) is 18.2 Å². The first kappa shape index (κ1) is 16.0. The van der Waals surface area contributed by atoms with Crippen LogP contribution in [0.25, 0.3) is 0 Å². The fourth-order valence-electron chi connectivity index (χ4n) is 4.52. The van der Waals surface area contributed by atoms with E-state index in [1.165, 1.54) is 32.3 Å². The number of anilines is 1. The molecule has 2 N–H and O–H groups in total. The number of piperidine rings is 3. The van der Waals surface area contributed by atoms with Gasteiger partial charge in [0, 0.05) is 12.6 Å². The van der Waals surface area contributed by atoms with Crippen molar-refractivity contribution in [1.29, 1.82) is 0 Å². The van der Waals surface area contributed by atoms with Gasteiger partial charge in [-0.3, -0.25) is 5.73 Å². The fraction of sp³-hybridized carbons (Fsp3) is 0.474. The molecule has 1 aromatic carbocycles. The van der Waals surface area contributed by atoms with Gasteiger partial charge in [-0.25, -0.2) is 9.97 Å². The van der Waals surface area contributed by atoms with E-state index >= 15 is 0 Å². The third-order valence-electron chi connectivity index (χ3n) is 5.81. The summed E-state index contributed by atoms with van der Waals surface area (Å²) in [7, 11) is 0. The van der Waals surface area contributed by atoms with Crippen molar-refractivity contribution in [3.8, 4) is 11.6 Å². The van der Waals surface area contributed by atoms with Crippen molar-refractivity contribution in [3.63, 3.8) is 0 Å². The second-order valence-corrected chi connectivity index (χ2v) is 7.38. The van der Waals surface area contributed by atoms with E-state index in [4.69, 9.17) is 15.2 Å². The molecular formula is C19H23N5O2. The zero-order valence-electron chi connectivity index (χ0n) is 14.6. The molecule has 0 amide bonds. The molecule has 1 aromatic heterocycles. The average molecular weight is 353 g/mol. The van der Waals surface area contributed by atoms with Gasteiger partial charge in [-0.15, -0.1) is 0 Å². The molecule has 4 aliphatic rings. The second kappa shape index (κ2) is 6.19. The highest BCUT2D eigenvalue weighted by atomic mass is 16.6. The smallest absolute Gasteiger partial charge is 0.224 e. The Balaban J connectivity index is 1.37. The maximum Gasteiger partial charge on any atom is 0.224 e. The minimum atomic E-state index is -0.491. The summed E-state index contributed by atoms with van der Waals surface area (Å²) in [5.74, 6) is 2.56. The third kappa shape index (κ3) is 2.72. The standard InChI is InChI=1S/C19H23N5O2/c20-18-24(12-19(26-18)11-23-8-6-14(19)7-9-23)16-10-17(22-13-21-16)25-15-4-2-1-3-5-15/h1-5,10,13-14,18H,6-9,11-12,20H2. The fourth-order valence-corrected chi connectivity index (χ4v) is 4.52. The molecule has 5 heterocycles. The SMILES string of the molecule is NC1OC2(CN3CCC2CC3)CN1c1cc(Oc2ccccc2)ncn1. The zero-order valence-corrected chi connectivity index (χ0v) is 14.6. The van der Waals surface area contributed by atoms with Crippen LogP contribution in [-0.2, 0) is 4.74 Å². The Morgan fingerprint density at radius 3 is 2.65 bits per heavy atom. The molecule has 4 saturated heterocycles. The summed E-state index contributed by atoms with van der Waals surface area (Å²) in [6.07, 6.45) is 3.40. The maximum atomic E-state index is 6.33. The molecule has 0 saturated carbocycles. The van der Waals surface area contributed by atoms with Crippen LogP contribution >= 0.6 is 0 Å². The monoisotopic (exact) mass is 353 g/mol. The predicted molar refractivity (Wildman–Crippen MR) is 96.8 cm³/mol. The number of hydrogen-bond donors (Lipinski definition) is 1. The average Bonchev–Trinajstić information content (AvgIpc) is 2.99. The van der Waals surface area contributed by atoms with Crippen LogP contribution in [0.2, 0.25) is 0 Å². The first-order valence-electron chi connectivity index (χ1n) is 9.19. The summed E-state index contributed by atoms with van der Waals surface area (Å²) in [4.78, 5) is 13.2. The molecule has 0 aliphatic carbocycles. The van der Waals surface area contributed by atoms with Gasteiger partial charge in [0.15, 0.2) is 6.35 Å². The Kier molecular flexibility index (Phi) is 3.81. The number of nitrogens with two attached hydrogens (primary N) is 1. The second-order valence-electron chi connectivity index (χ2n) is 7.38. The molecule has 4 fully saturated rings. The number of aromatic nitrogens is 2. The topological polar surface area (TPSA) is 76.7 Å². The predicted octanol–water partition coefficient (Wildman–Crippen LogP) is 1.81. The van der Waals surface area contributed by atoms with Crippen LogP contribution in [0.15, 0.2) is 42.7 Å². The number of benzene rings is 1. The van der Waals surface area contributed by atoms with Crippen molar-refractivity contribution in [1.82, 2.24) is 14.9 Å².